The van der Waals surface area contributed by atoms with Crippen LogP contribution in [0.5, 0.6) is 11.5 Å². The molecule has 1 aromatic rings. The maximum atomic E-state index is 13.2. The van der Waals surface area contributed by atoms with E-state index in [1.54, 1.807) is 11.0 Å². The molecule has 2 aliphatic rings. The standard InChI is InChI=1S/C24H36N2O6/c1-3-5-7-9-13-25(14-10-8-6-4-2)24(27)32-23(18-11-12-18)19-15-21-22(31-17-30-21)16-20(19)26(28)29/h15-16,18,23H,3-14,17H2,1-2H3. The van der Waals surface area contributed by atoms with Crippen molar-refractivity contribution in [3.05, 3.63) is 27.8 Å². The van der Waals surface area contributed by atoms with Crippen LogP contribution in [0.2, 0.25) is 0 Å². The van der Waals surface area contributed by atoms with Gasteiger partial charge in [-0.3, -0.25) is 10.1 Å². The van der Waals surface area contributed by atoms with E-state index in [1.165, 1.54) is 6.07 Å². The molecular formula is C24H36N2O6. The molecule has 1 atom stereocenters. The number of amides is 1. The number of benzene rings is 1. The van der Waals surface area contributed by atoms with Gasteiger partial charge in [0.2, 0.25) is 6.79 Å². The minimum atomic E-state index is -0.647. The molecule has 3 rings (SSSR count). The van der Waals surface area contributed by atoms with Crippen molar-refractivity contribution in [3.63, 3.8) is 0 Å². The highest BCUT2D eigenvalue weighted by Gasteiger charge is 2.41. The van der Waals surface area contributed by atoms with Gasteiger partial charge in [-0.25, -0.2) is 4.79 Å². The van der Waals surface area contributed by atoms with E-state index in [4.69, 9.17) is 14.2 Å². The molecule has 0 N–H and O–H groups in total. The molecule has 1 heterocycles. The first-order valence-electron chi connectivity index (χ1n) is 12.1. The first kappa shape index (κ1) is 24.1. The largest absolute Gasteiger partial charge is 0.454 e. The lowest BCUT2D eigenvalue weighted by Gasteiger charge is -2.26. The molecule has 1 saturated carbocycles. The SMILES string of the molecule is CCCCCCN(CCCCCC)C(=O)OC(c1cc2c(cc1[N+](=O)[O-])OCO2)C1CC1. The summed E-state index contributed by atoms with van der Waals surface area (Å²) in [5.41, 5.74) is 0.309. The highest BCUT2D eigenvalue weighted by molar-refractivity contribution is 5.68. The van der Waals surface area contributed by atoms with Gasteiger partial charge in [0, 0.05) is 19.0 Å². The number of carbonyl (C=O) groups excluding carboxylic acids is 1. The fourth-order valence-corrected chi connectivity index (χ4v) is 4.08. The van der Waals surface area contributed by atoms with Gasteiger partial charge in [0.1, 0.15) is 6.10 Å². The molecule has 1 amide bonds. The van der Waals surface area contributed by atoms with Crippen LogP contribution in [0.25, 0.3) is 0 Å². The van der Waals surface area contributed by atoms with E-state index in [0.29, 0.717) is 30.2 Å². The van der Waals surface area contributed by atoms with Crippen LogP contribution in [-0.4, -0.2) is 35.8 Å². The van der Waals surface area contributed by atoms with Crippen LogP contribution in [0.1, 0.15) is 89.7 Å². The topological polar surface area (TPSA) is 91.1 Å². The van der Waals surface area contributed by atoms with Crippen molar-refractivity contribution in [1.29, 1.82) is 0 Å². The summed E-state index contributed by atoms with van der Waals surface area (Å²) in [5, 5.41) is 11.8. The number of rotatable bonds is 14. The minimum Gasteiger partial charge on any atom is -0.454 e. The Labute approximate surface area is 190 Å². The first-order chi connectivity index (χ1) is 15.5. The van der Waals surface area contributed by atoms with E-state index >= 15 is 0 Å². The average Bonchev–Trinajstić information content (AvgIpc) is 3.52. The van der Waals surface area contributed by atoms with Gasteiger partial charge >= 0.3 is 6.09 Å². The van der Waals surface area contributed by atoms with Crippen molar-refractivity contribution in [2.24, 2.45) is 5.92 Å². The molecule has 1 aliphatic carbocycles. The lowest BCUT2D eigenvalue weighted by molar-refractivity contribution is -0.386. The number of hydrogen-bond donors (Lipinski definition) is 0. The fraction of sp³-hybridized carbons (Fsp3) is 0.708. The van der Waals surface area contributed by atoms with Crippen LogP contribution in [-0.2, 0) is 4.74 Å². The monoisotopic (exact) mass is 448 g/mol. The van der Waals surface area contributed by atoms with Gasteiger partial charge in [0.05, 0.1) is 16.6 Å². The number of unbranched alkanes of at least 4 members (excludes halogenated alkanes) is 6. The second-order valence-corrected chi connectivity index (χ2v) is 8.77. The molecule has 0 saturated heterocycles. The van der Waals surface area contributed by atoms with Crippen LogP contribution < -0.4 is 9.47 Å². The van der Waals surface area contributed by atoms with Gasteiger partial charge < -0.3 is 19.1 Å². The summed E-state index contributed by atoms with van der Waals surface area (Å²) < 4.78 is 16.7. The summed E-state index contributed by atoms with van der Waals surface area (Å²) >= 11 is 0. The van der Waals surface area contributed by atoms with E-state index < -0.39 is 11.0 Å². The lowest BCUT2D eigenvalue weighted by Crippen LogP contribution is -2.34. The molecule has 178 valence electrons. The predicted octanol–water partition coefficient (Wildman–Crippen LogP) is 6.37. The number of nitro benzene ring substituents is 1. The first-order valence-corrected chi connectivity index (χ1v) is 12.1. The van der Waals surface area contributed by atoms with Crippen molar-refractivity contribution in [2.75, 3.05) is 19.9 Å². The van der Waals surface area contributed by atoms with E-state index in [-0.39, 0.29) is 24.5 Å². The minimum absolute atomic E-state index is 0.0348. The summed E-state index contributed by atoms with van der Waals surface area (Å²) in [6, 6.07) is 3.00. The Kier molecular flexibility index (Phi) is 9.00. The normalized spacial score (nSPS) is 15.4. The van der Waals surface area contributed by atoms with Gasteiger partial charge in [-0.05, 0) is 31.7 Å². The highest BCUT2D eigenvalue weighted by atomic mass is 16.7. The molecule has 8 heteroatoms. The third-order valence-corrected chi connectivity index (χ3v) is 6.12. The zero-order chi connectivity index (χ0) is 22.9. The van der Waals surface area contributed by atoms with Crippen molar-refractivity contribution in [1.82, 2.24) is 4.90 Å². The molecule has 0 aromatic heterocycles. The Balaban J connectivity index is 1.74. The van der Waals surface area contributed by atoms with Crippen molar-refractivity contribution >= 4 is 11.8 Å². The van der Waals surface area contributed by atoms with Crippen LogP contribution >= 0.6 is 0 Å². The molecule has 0 spiro atoms. The van der Waals surface area contributed by atoms with Crippen molar-refractivity contribution in [2.45, 2.75) is 84.2 Å². The summed E-state index contributed by atoms with van der Waals surface area (Å²) in [7, 11) is 0. The molecule has 1 unspecified atom stereocenters. The van der Waals surface area contributed by atoms with Crippen LogP contribution in [0.15, 0.2) is 12.1 Å². The van der Waals surface area contributed by atoms with Gasteiger partial charge in [-0.2, -0.15) is 0 Å². The molecule has 32 heavy (non-hydrogen) atoms. The molecule has 0 bridgehead atoms. The molecule has 1 fully saturated rings. The summed E-state index contributed by atoms with van der Waals surface area (Å²) in [4.78, 5) is 26.3. The number of fused-ring (bicyclic) bond motifs is 1. The number of nitro groups is 1. The molecule has 1 aromatic carbocycles. The molecule has 0 radical (unpaired) electrons. The van der Waals surface area contributed by atoms with Crippen molar-refractivity contribution in [3.8, 4) is 11.5 Å². The average molecular weight is 449 g/mol. The van der Waals surface area contributed by atoms with Gasteiger partial charge in [-0.15, -0.1) is 0 Å². The number of carbonyl (C=O) groups is 1. The Morgan fingerprint density at radius 2 is 1.66 bits per heavy atom. The zero-order valence-electron chi connectivity index (χ0n) is 19.3. The summed E-state index contributed by atoms with van der Waals surface area (Å²) in [6.07, 6.45) is 9.35. The van der Waals surface area contributed by atoms with Crippen LogP contribution in [0.4, 0.5) is 10.5 Å². The van der Waals surface area contributed by atoms with Crippen molar-refractivity contribution < 1.29 is 23.9 Å². The number of hydrogen-bond acceptors (Lipinski definition) is 6. The zero-order valence-corrected chi connectivity index (χ0v) is 19.3. The number of nitrogens with zero attached hydrogens (tertiary/aromatic N) is 2. The fourth-order valence-electron chi connectivity index (χ4n) is 4.08. The maximum absolute atomic E-state index is 13.2. The predicted molar refractivity (Wildman–Crippen MR) is 121 cm³/mol. The lowest BCUT2D eigenvalue weighted by atomic mass is 10.0. The quantitative estimate of drug-likeness (QED) is 0.186. The Hall–Kier alpha value is -2.51. The molecule has 8 nitrogen and oxygen atoms in total. The van der Waals surface area contributed by atoms with Crippen LogP contribution in [0, 0.1) is 16.0 Å². The second-order valence-electron chi connectivity index (χ2n) is 8.77. The maximum Gasteiger partial charge on any atom is 0.410 e. The summed E-state index contributed by atoms with van der Waals surface area (Å²) in [6.45, 7) is 5.68. The third kappa shape index (κ3) is 6.50. The smallest absolute Gasteiger partial charge is 0.410 e. The number of ether oxygens (including phenoxy) is 3. The molecule has 1 aliphatic heterocycles. The highest BCUT2D eigenvalue weighted by Crippen LogP contribution is 2.49. The molecular weight excluding hydrogens is 412 g/mol. The van der Waals surface area contributed by atoms with Gasteiger partial charge in [0.25, 0.3) is 5.69 Å². The van der Waals surface area contributed by atoms with Gasteiger partial charge in [-0.1, -0.05) is 52.4 Å². The second kappa shape index (κ2) is 11.9. The van der Waals surface area contributed by atoms with E-state index in [9.17, 15) is 14.9 Å². The van der Waals surface area contributed by atoms with E-state index in [2.05, 4.69) is 13.8 Å². The Bertz CT molecular complexity index is 768. The van der Waals surface area contributed by atoms with E-state index in [1.807, 2.05) is 0 Å². The summed E-state index contributed by atoms with van der Waals surface area (Å²) in [5.74, 6) is 0.915. The Morgan fingerprint density at radius 1 is 1.06 bits per heavy atom. The van der Waals surface area contributed by atoms with Crippen LogP contribution in [0.3, 0.4) is 0 Å². The third-order valence-electron chi connectivity index (χ3n) is 6.12. The van der Waals surface area contributed by atoms with Gasteiger partial charge in [0.15, 0.2) is 11.5 Å². The van der Waals surface area contributed by atoms with E-state index in [0.717, 1.165) is 64.2 Å². The Morgan fingerprint density at radius 3 is 2.19 bits per heavy atom.